The van der Waals surface area contributed by atoms with Gasteiger partial charge in [0.1, 0.15) is 0 Å². The number of aryl methyl sites for hydroxylation is 3. The molecule has 3 aromatic rings. The number of thiazole rings is 1. The maximum Gasteiger partial charge on any atom is 0.257 e. The van der Waals surface area contributed by atoms with Gasteiger partial charge in [0, 0.05) is 22.8 Å². The fraction of sp³-hybridized carbons (Fsp3) is 0.238. The van der Waals surface area contributed by atoms with Crippen LogP contribution in [0.2, 0.25) is 0 Å². The molecule has 5 nitrogen and oxygen atoms in total. The smallest absolute Gasteiger partial charge is 0.257 e. The van der Waals surface area contributed by atoms with Gasteiger partial charge in [-0.2, -0.15) is 0 Å². The average molecular weight is 415 g/mol. The largest absolute Gasteiger partial charge is 0.298 e. The van der Waals surface area contributed by atoms with E-state index < -0.39 is 9.84 Å². The first-order valence-electron chi connectivity index (χ1n) is 8.74. The van der Waals surface area contributed by atoms with E-state index >= 15 is 0 Å². The summed E-state index contributed by atoms with van der Waals surface area (Å²) < 4.78 is 22.7. The van der Waals surface area contributed by atoms with Gasteiger partial charge in [0.25, 0.3) is 5.91 Å². The van der Waals surface area contributed by atoms with Crippen molar-refractivity contribution in [2.75, 3.05) is 11.6 Å². The Bertz CT molecular complexity index is 1130. The van der Waals surface area contributed by atoms with Gasteiger partial charge in [-0.1, -0.05) is 18.2 Å². The van der Waals surface area contributed by atoms with Crippen LogP contribution in [0, 0.1) is 20.8 Å². The van der Waals surface area contributed by atoms with Crippen molar-refractivity contribution < 1.29 is 13.2 Å². The highest BCUT2D eigenvalue weighted by atomic mass is 32.2. The van der Waals surface area contributed by atoms with Crippen molar-refractivity contribution >= 4 is 32.2 Å². The molecule has 2 aromatic carbocycles. The number of rotatable bonds is 5. The van der Waals surface area contributed by atoms with Crippen LogP contribution < -0.4 is 5.32 Å². The van der Waals surface area contributed by atoms with Gasteiger partial charge >= 0.3 is 0 Å². The van der Waals surface area contributed by atoms with Gasteiger partial charge in [0.2, 0.25) is 0 Å². The second-order valence-corrected chi connectivity index (χ2v) is 10.0. The van der Waals surface area contributed by atoms with Crippen molar-refractivity contribution in [1.82, 2.24) is 4.98 Å². The zero-order valence-corrected chi connectivity index (χ0v) is 17.9. The molecule has 0 saturated carbocycles. The van der Waals surface area contributed by atoms with E-state index in [9.17, 15) is 13.2 Å². The summed E-state index contributed by atoms with van der Waals surface area (Å²) in [6, 6.07) is 10.8. The van der Waals surface area contributed by atoms with E-state index in [0.29, 0.717) is 16.3 Å². The minimum Gasteiger partial charge on any atom is -0.298 e. The molecule has 0 radical (unpaired) electrons. The summed E-state index contributed by atoms with van der Waals surface area (Å²) in [7, 11) is -3.10. The predicted molar refractivity (Wildman–Crippen MR) is 115 cm³/mol. The summed E-state index contributed by atoms with van der Waals surface area (Å²) in [5.74, 6) is -0.316. The molecule has 0 aliphatic rings. The third kappa shape index (κ3) is 4.85. The van der Waals surface area contributed by atoms with E-state index in [-0.39, 0.29) is 11.7 Å². The Hall–Kier alpha value is -2.51. The topological polar surface area (TPSA) is 76.1 Å². The standard InChI is InChI=1S/C21H22N2O3S2/c1-13-9-15(3)18(10-14(13)2)19-11-27-21(22-19)23-20(24)17-7-5-16(6-8-17)12-28(4,25)26/h5-11H,12H2,1-4H3,(H,22,23,24). The molecule has 0 aliphatic carbocycles. The molecule has 28 heavy (non-hydrogen) atoms. The van der Waals surface area contributed by atoms with Crippen LogP contribution in [0.15, 0.2) is 41.8 Å². The average Bonchev–Trinajstić information content (AvgIpc) is 3.05. The van der Waals surface area contributed by atoms with Crippen molar-refractivity contribution in [2.24, 2.45) is 0 Å². The highest BCUT2D eigenvalue weighted by molar-refractivity contribution is 7.89. The third-order valence-corrected chi connectivity index (χ3v) is 6.10. The predicted octanol–water partition coefficient (Wildman–Crippen LogP) is 4.53. The fourth-order valence-corrected chi connectivity index (χ4v) is 4.42. The number of hydrogen-bond acceptors (Lipinski definition) is 5. The number of sulfone groups is 1. The zero-order chi connectivity index (χ0) is 20.5. The minimum absolute atomic E-state index is 0.0416. The maximum absolute atomic E-state index is 12.5. The maximum atomic E-state index is 12.5. The van der Waals surface area contributed by atoms with Gasteiger partial charge in [-0.15, -0.1) is 11.3 Å². The molecule has 7 heteroatoms. The summed E-state index contributed by atoms with van der Waals surface area (Å²) in [5, 5.41) is 5.27. The van der Waals surface area contributed by atoms with Crippen LogP contribution in [0.25, 0.3) is 11.3 Å². The third-order valence-electron chi connectivity index (χ3n) is 4.49. The molecule has 1 amide bonds. The Morgan fingerprint density at radius 3 is 2.32 bits per heavy atom. The van der Waals surface area contributed by atoms with E-state index in [2.05, 4.69) is 43.2 Å². The number of nitrogens with one attached hydrogen (secondary N) is 1. The van der Waals surface area contributed by atoms with Crippen molar-refractivity contribution in [1.29, 1.82) is 0 Å². The van der Waals surface area contributed by atoms with Crippen molar-refractivity contribution in [3.05, 3.63) is 69.6 Å². The van der Waals surface area contributed by atoms with E-state index in [0.717, 1.165) is 16.8 Å². The first-order valence-corrected chi connectivity index (χ1v) is 11.7. The van der Waals surface area contributed by atoms with E-state index in [1.54, 1.807) is 24.3 Å². The van der Waals surface area contributed by atoms with Gasteiger partial charge in [0.15, 0.2) is 15.0 Å². The Labute approximate surface area is 169 Å². The summed E-state index contributed by atoms with van der Waals surface area (Å²) in [5.41, 5.74) is 6.59. The van der Waals surface area contributed by atoms with E-state index in [4.69, 9.17) is 0 Å². The van der Waals surface area contributed by atoms with Gasteiger partial charge < -0.3 is 0 Å². The molecular formula is C21H22N2O3S2. The van der Waals surface area contributed by atoms with Gasteiger partial charge in [-0.3, -0.25) is 10.1 Å². The summed E-state index contributed by atoms with van der Waals surface area (Å²) >= 11 is 1.37. The lowest BCUT2D eigenvalue weighted by molar-refractivity contribution is 0.102. The number of amides is 1. The molecule has 1 N–H and O–H groups in total. The van der Waals surface area contributed by atoms with Crippen LogP contribution in [0.4, 0.5) is 5.13 Å². The molecule has 0 unspecified atom stereocenters. The van der Waals surface area contributed by atoms with Crippen LogP contribution in [0.1, 0.15) is 32.6 Å². The highest BCUT2D eigenvalue weighted by Crippen LogP contribution is 2.29. The Morgan fingerprint density at radius 1 is 1.04 bits per heavy atom. The molecule has 3 rings (SSSR count). The molecule has 0 aliphatic heterocycles. The molecule has 0 bridgehead atoms. The van der Waals surface area contributed by atoms with Gasteiger partial charge in [-0.25, -0.2) is 13.4 Å². The number of hydrogen-bond donors (Lipinski definition) is 1. The van der Waals surface area contributed by atoms with Crippen molar-refractivity contribution in [3.8, 4) is 11.3 Å². The first kappa shape index (κ1) is 20.2. The quantitative estimate of drug-likeness (QED) is 0.665. The van der Waals surface area contributed by atoms with Crippen LogP contribution >= 0.6 is 11.3 Å². The highest BCUT2D eigenvalue weighted by Gasteiger charge is 2.13. The molecule has 1 aromatic heterocycles. The second kappa shape index (κ2) is 7.85. The Balaban J connectivity index is 1.75. The fourth-order valence-electron chi connectivity index (χ4n) is 2.92. The number of carbonyl (C=O) groups excluding carboxylic acids is 1. The monoisotopic (exact) mass is 414 g/mol. The Morgan fingerprint density at radius 2 is 1.68 bits per heavy atom. The van der Waals surface area contributed by atoms with E-state index in [1.807, 2.05) is 5.38 Å². The number of nitrogens with zero attached hydrogens (tertiary/aromatic N) is 1. The molecule has 0 saturated heterocycles. The van der Waals surface area contributed by atoms with Crippen LogP contribution in [0.5, 0.6) is 0 Å². The minimum atomic E-state index is -3.10. The first-order chi connectivity index (χ1) is 13.1. The molecule has 0 spiro atoms. The van der Waals surface area contributed by atoms with Crippen LogP contribution in [-0.2, 0) is 15.6 Å². The number of carbonyl (C=O) groups is 1. The van der Waals surface area contributed by atoms with Gasteiger partial charge in [-0.05, 0) is 61.2 Å². The van der Waals surface area contributed by atoms with Gasteiger partial charge in [0.05, 0.1) is 11.4 Å². The molecule has 0 atom stereocenters. The molecule has 1 heterocycles. The SMILES string of the molecule is Cc1cc(C)c(-c2csc(NC(=O)c3ccc(CS(C)(=O)=O)cc3)n2)cc1C. The summed E-state index contributed by atoms with van der Waals surface area (Å²) in [6.07, 6.45) is 1.19. The van der Waals surface area contributed by atoms with Crippen LogP contribution in [-0.4, -0.2) is 25.6 Å². The molecule has 0 fully saturated rings. The Kier molecular flexibility index (Phi) is 5.67. The summed E-state index contributed by atoms with van der Waals surface area (Å²) in [6.45, 7) is 6.21. The van der Waals surface area contributed by atoms with Crippen molar-refractivity contribution in [2.45, 2.75) is 26.5 Å². The normalized spacial score (nSPS) is 11.4. The number of aromatic nitrogens is 1. The van der Waals surface area contributed by atoms with Crippen LogP contribution in [0.3, 0.4) is 0 Å². The zero-order valence-electron chi connectivity index (χ0n) is 16.2. The lowest BCUT2D eigenvalue weighted by Gasteiger charge is -2.07. The lowest BCUT2D eigenvalue weighted by Crippen LogP contribution is -2.12. The lowest BCUT2D eigenvalue weighted by atomic mass is 9.99. The molecular weight excluding hydrogens is 392 g/mol. The number of benzene rings is 2. The summed E-state index contributed by atoms with van der Waals surface area (Å²) in [4.78, 5) is 17.0. The van der Waals surface area contributed by atoms with Crippen molar-refractivity contribution in [3.63, 3.8) is 0 Å². The number of anilines is 1. The van der Waals surface area contributed by atoms with E-state index in [1.165, 1.54) is 28.7 Å². The second-order valence-electron chi connectivity index (χ2n) is 7.01. The molecule has 146 valence electrons.